The van der Waals surface area contributed by atoms with Gasteiger partial charge in [0.15, 0.2) is 0 Å². The van der Waals surface area contributed by atoms with Crippen molar-refractivity contribution in [3.8, 4) is 0 Å². The van der Waals surface area contributed by atoms with Gasteiger partial charge in [-0.15, -0.1) is 0 Å². The molecular formula is C18H32N2. The molecule has 0 heterocycles. The molecule has 0 unspecified atom stereocenters. The molecule has 0 N–H and O–H groups in total. The fourth-order valence-corrected chi connectivity index (χ4v) is 1.95. The number of benzene rings is 1. The number of nitrogens with zero attached hydrogens (tertiary/aromatic N) is 2. The third kappa shape index (κ3) is 5.07. The van der Waals surface area contributed by atoms with Gasteiger partial charge in [0.25, 0.3) is 0 Å². The van der Waals surface area contributed by atoms with Gasteiger partial charge < -0.3 is 9.80 Å². The second-order valence-corrected chi connectivity index (χ2v) is 7.98. The highest BCUT2D eigenvalue weighted by Gasteiger charge is 2.17. The molecule has 0 amide bonds. The minimum Gasteiger partial charge on any atom is -0.375 e. The fourth-order valence-electron chi connectivity index (χ4n) is 1.95. The van der Waals surface area contributed by atoms with E-state index in [1.807, 2.05) is 0 Å². The van der Waals surface area contributed by atoms with Gasteiger partial charge in [0, 0.05) is 37.6 Å². The van der Waals surface area contributed by atoms with Crippen molar-refractivity contribution in [2.24, 2.45) is 5.41 Å². The summed E-state index contributed by atoms with van der Waals surface area (Å²) in [7, 11) is 4.33. The predicted octanol–water partition coefficient (Wildman–Crippen LogP) is 4.79. The zero-order valence-corrected chi connectivity index (χ0v) is 14.6. The maximum Gasteiger partial charge on any atom is 0.0369 e. The Kier molecular flexibility index (Phi) is 5.12. The number of anilines is 2. The number of rotatable bonds is 4. The van der Waals surface area contributed by atoms with Crippen LogP contribution >= 0.6 is 0 Å². The van der Waals surface area contributed by atoms with Crippen LogP contribution in [0.3, 0.4) is 0 Å². The monoisotopic (exact) mass is 276 g/mol. The highest BCUT2D eigenvalue weighted by Crippen LogP contribution is 2.25. The molecule has 0 saturated carbocycles. The molecule has 1 aromatic carbocycles. The number of hydrogen-bond donors (Lipinski definition) is 0. The molecule has 0 radical (unpaired) electrons. The molecule has 0 saturated heterocycles. The minimum absolute atomic E-state index is 0.152. The maximum absolute atomic E-state index is 2.34. The summed E-state index contributed by atoms with van der Waals surface area (Å²) >= 11 is 0. The summed E-state index contributed by atoms with van der Waals surface area (Å²) < 4.78 is 0. The second-order valence-electron chi connectivity index (χ2n) is 7.98. The van der Waals surface area contributed by atoms with Crippen LogP contribution < -0.4 is 9.80 Å². The van der Waals surface area contributed by atoms with Gasteiger partial charge in [-0.05, 0) is 56.9 Å². The Morgan fingerprint density at radius 1 is 0.800 bits per heavy atom. The lowest BCUT2D eigenvalue weighted by molar-refractivity contribution is 0.381. The SMILES string of the molecule is CN(CCC(C)(C)C)c1ccc(N(C)C(C)(C)C)cc1. The van der Waals surface area contributed by atoms with Gasteiger partial charge in [-0.3, -0.25) is 0 Å². The molecule has 0 aliphatic rings. The molecule has 114 valence electrons. The van der Waals surface area contributed by atoms with Crippen LogP contribution in [-0.2, 0) is 0 Å². The van der Waals surface area contributed by atoms with E-state index in [2.05, 4.69) is 89.7 Å². The van der Waals surface area contributed by atoms with E-state index in [1.165, 1.54) is 17.8 Å². The summed E-state index contributed by atoms with van der Waals surface area (Å²) in [6.45, 7) is 14.7. The highest BCUT2D eigenvalue weighted by molar-refractivity contribution is 5.56. The summed E-state index contributed by atoms with van der Waals surface area (Å²) in [5.74, 6) is 0. The topological polar surface area (TPSA) is 6.48 Å². The van der Waals surface area contributed by atoms with E-state index >= 15 is 0 Å². The smallest absolute Gasteiger partial charge is 0.0369 e. The van der Waals surface area contributed by atoms with Crippen LogP contribution in [0.1, 0.15) is 48.0 Å². The van der Waals surface area contributed by atoms with Gasteiger partial charge in [0.1, 0.15) is 0 Å². The maximum atomic E-state index is 2.34. The minimum atomic E-state index is 0.152. The Morgan fingerprint density at radius 3 is 1.65 bits per heavy atom. The summed E-state index contributed by atoms with van der Waals surface area (Å²) in [5, 5.41) is 0. The molecular weight excluding hydrogens is 244 g/mol. The zero-order chi connectivity index (χ0) is 15.6. The Bertz CT molecular complexity index is 407. The molecule has 0 bridgehead atoms. The van der Waals surface area contributed by atoms with Crippen LogP contribution in [-0.4, -0.2) is 26.2 Å². The van der Waals surface area contributed by atoms with E-state index in [-0.39, 0.29) is 5.54 Å². The van der Waals surface area contributed by atoms with Gasteiger partial charge in [0.2, 0.25) is 0 Å². The first-order valence-electron chi connectivity index (χ1n) is 7.56. The van der Waals surface area contributed by atoms with E-state index in [0.717, 1.165) is 6.54 Å². The molecule has 0 spiro atoms. The van der Waals surface area contributed by atoms with Gasteiger partial charge in [-0.1, -0.05) is 20.8 Å². The molecule has 1 aromatic rings. The van der Waals surface area contributed by atoms with Crippen molar-refractivity contribution in [2.45, 2.75) is 53.5 Å². The third-order valence-corrected chi connectivity index (χ3v) is 3.88. The Labute approximate surface area is 125 Å². The first-order chi connectivity index (χ1) is 9.00. The first kappa shape index (κ1) is 16.9. The average molecular weight is 276 g/mol. The van der Waals surface area contributed by atoms with E-state index < -0.39 is 0 Å². The Hall–Kier alpha value is -1.18. The van der Waals surface area contributed by atoms with Crippen LogP contribution in [0.15, 0.2) is 24.3 Å². The average Bonchev–Trinajstić information content (AvgIpc) is 2.33. The summed E-state index contributed by atoms with van der Waals surface area (Å²) in [6, 6.07) is 8.88. The van der Waals surface area contributed by atoms with Gasteiger partial charge in [-0.25, -0.2) is 0 Å². The number of hydrogen-bond acceptors (Lipinski definition) is 2. The lowest BCUT2D eigenvalue weighted by Crippen LogP contribution is -2.38. The molecule has 2 nitrogen and oxygen atoms in total. The Morgan fingerprint density at radius 2 is 1.25 bits per heavy atom. The molecule has 0 atom stereocenters. The van der Waals surface area contributed by atoms with Crippen molar-refractivity contribution in [1.82, 2.24) is 0 Å². The largest absolute Gasteiger partial charge is 0.375 e. The summed E-state index contributed by atoms with van der Waals surface area (Å²) in [5.41, 5.74) is 3.10. The molecule has 0 fully saturated rings. The van der Waals surface area contributed by atoms with Crippen LogP contribution in [0.2, 0.25) is 0 Å². The zero-order valence-electron chi connectivity index (χ0n) is 14.6. The predicted molar refractivity (Wildman–Crippen MR) is 91.9 cm³/mol. The van der Waals surface area contributed by atoms with Gasteiger partial charge in [0.05, 0.1) is 0 Å². The fraction of sp³-hybridized carbons (Fsp3) is 0.667. The lowest BCUT2D eigenvalue weighted by atomic mass is 9.92. The molecule has 2 heteroatoms. The van der Waals surface area contributed by atoms with E-state index in [9.17, 15) is 0 Å². The van der Waals surface area contributed by atoms with Crippen LogP contribution in [0.4, 0.5) is 11.4 Å². The van der Waals surface area contributed by atoms with Crippen molar-refractivity contribution in [3.05, 3.63) is 24.3 Å². The van der Waals surface area contributed by atoms with Crippen molar-refractivity contribution in [3.63, 3.8) is 0 Å². The summed E-state index contributed by atoms with van der Waals surface area (Å²) in [4.78, 5) is 4.65. The molecule has 20 heavy (non-hydrogen) atoms. The van der Waals surface area contributed by atoms with Crippen molar-refractivity contribution >= 4 is 11.4 Å². The lowest BCUT2D eigenvalue weighted by Gasteiger charge is -2.34. The van der Waals surface area contributed by atoms with Crippen LogP contribution in [0, 0.1) is 5.41 Å². The second kappa shape index (κ2) is 6.07. The van der Waals surface area contributed by atoms with Crippen LogP contribution in [0.25, 0.3) is 0 Å². The normalized spacial score (nSPS) is 12.4. The Balaban J connectivity index is 2.71. The van der Waals surface area contributed by atoms with E-state index in [0.29, 0.717) is 5.41 Å². The van der Waals surface area contributed by atoms with Gasteiger partial charge in [-0.2, -0.15) is 0 Å². The summed E-state index contributed by atoms with van der Waals surface area (Å²) in [6.07, 6.45) is 1.20. The van der Waals surface area contributed by atoms with Crippen molar-refractivity contribution in [1.29, 1.82) is 0 Å². The highest BCUT2D eigenvalue weighted by atomic mass is 15.2. The van der Waals surface area contributed by atoms with Crippen molar-refractivity contribution < 1.29 is 0 Å². The third-order valence-electron chi connectivity index (χ3n) is 3.88. The van der Waals surface area contributed by atoms with Crippen LogP contribution in [0.5, 0.6) is 0 Å². The molecule has 0 aliphatic heterocycles. The quantitative estimate of drug-likeness (QED) is 0.780. The van der Waals surface area contributed by atoms with Crippen molar-refractivity contribution in [2.75, 3.05) is 30.4 Å². The van der Waals surface area contributed by atoms with E-state index in [4.69, 9.17) is 0 Å². The molecule has 0 aliphatic carbocycles. The molecule has 1 rings (SSSR count). The first-order valence-corrected chi connectivity index (χ1v) is 7.56. The van der Waals surface area contributed by atoms with Gasteiger partial charge >= 0.3 is 0 Å². The van der Waals surface area contributed by atoms with E-state index in [1.54, 1.807) is 0 Å². The molecule has 0 aromatic heterocycles. The standard InChI is InChI=1S/C18H32N2/c1-17(2,3)13-14-19(7)15-9-11-16(12-10-15)20(8)18(4,5)6/h9-12H,13-14H2,1-8H3.